The molecule has 0 saturated heterocycles. The maximum absolute atomic E-state index is 12.7. The van der Waals surface area contributed by atoms with E-state index in [-0.39, 0.29) is 48.8 Å². The molecule has 26 heavy (non-hydrogen) atoms. The first-order valence-electron chi connectivity index (χ1n) is 9.00. The van der Waals surface area contributed by atoms with Gasteiger partial charge in [0.2, 0.25) is 5.91 Å². The van der Waals surface area contributed by atoms with Crippen LogP contribution in [0.3, 0.4) is 0 Å². The summed E-state index contributed by atoms with van der Waals surface area (Å²) in [6.07, 6.45) is -2.88. The van der Waals surface area contributed by atoms with Gasteiger partial charge in [-0.25, -0.2) is 0 Å². The van der Waals surface area contributed by atoms with E-state index in [4.69, 9.17) is 0 Å². The van der Waals surface area contributed by atoms with Crippen LogP contribution in [-0.4, -0.2) is 43.7 Å². The maximum atomic E-state index is 12.7. The lowest BCUT2D eigenvalue weighted by Gasteiger charge is -2.31. The Balaban J connectivity index is 0.00000625. The standard InChI is InChI=1S/C17H31F3N4O.HI/c1-5-21-14(25)16(3,4)11-23-15(22-6-2)24-13-9-7-12(8-10-13)17(18,19)20;/h12-13H,5-11H2,1-4H3,(H,21,25)(H2,22,23,24);1H. The highest BCUT2D eigenvalue weighted by Gasteiger charge is 2.41. The summed E-state index contributed by atoms with van der Waals surface area (Å²) >= 11 is 0. The van der Waals surface area contributed by atoms with E-state index >= 15 is 0 Å². The first-order valence-corrected chi connectivity index (χ1v) is 9.00. The van der Waals surface area contributed by atoms with Gasteiger partial charge in [-0.3, -0.25) is 9.79 Å². The first-order chi connectivity index (χ1) is 11.6. The van der Waals surface area contributed by atoms with Crippen molar-refractivity contribution in [2.45, 2.75) is 65.6 Å². The van der Waals surface area contributed by atoms with Crippen LogP contribution in [0.1, 0.15) is 53.4 Å². The minimum atomic E-state index is -4.10. The van der Waals surface area contributed by atoms with Gasteiger partial charge in [0.15, 0.2) is 5.96 Å². The van der Waals surface area contributed by atoms with Crippen LogP contribution in [0.5, 0.6) is 0 Å². The second-order valence-electron chi connectivity index (χ2n) is 7.17. The molecule has 0 bridgehead atoms. The lowest BCUT2D eigenvalue weighted by Crippen LogP contribution is -2.46. The van der Waals surface area contributed by atoms with E-state index in [9.17, 15) is 18.0 Å². The molecule has 5 nitrogen and oxygen atoms in total. The summed E-state index contributed by atoms with van der Waals surface area (Å²) in [6.45, 7) is 8.93. The summed E-state index contributed by atoms with van der Waals surface area (Å²) in [5.41, 5.74) is -0.647. The van der Waals surface area contributed by atoms with Gasteiger partial charge in [-0.2, -0.15) is 13.2 Å². The number of nitrogens with one attached hydrogen (secondary N) is 3. The molecule has 1 fully saturated rings. The fourth-order valence-electron chi connectivity index (χ4n) is 2.83. The van der Waals surface area contributed by atoms with Crippen LogP contribution in [0, 0.1) is 11.3 Å². The molecule has 3 N–H and O–H groups in total. The van der Waals surface area contributed by atoms with Crippen molar-refractivity contribution in [2.75, 3.05) is 19.6 Å². The zero-order chi connectivity index (χ0) is 19.1. The van der Waals surface area contributed by atoms with Crippen molar-refractivity contribution in [1.29, 1.82) is 0 Å². The zero-order valence-electron chi connectivity index (χ0n) is 16.0. The average Bonchev–Trinajstić information content (AvgIpc) is 2.53. The molecule has 0 aromatic rings. The molecule has 0 spiro atoms. The van der Waals surface area contributed by atoms with E-state index in [0.29, 0.717) is 38.4 Å². The number of halogens is 4. The van der Waals surface area contributed by atoms with Crippen molar-refractivity contribution in [1.82, 2.24) is 16.0 Å². The molecule has 154 valence electrons. The van der Waals surface area contributed by atoms with E-state index < -0.39 is 17.5 Å². The Labute approximate surface area is 171 Å². The van der Waals surface area contributed by atoms with Gasteiger partial charge < -0.3 is 16.0 Å². The molecule has 0 heterocycles. The van der Waals surface area contributed by atoms with Gasteiger partial charge in [0.25, 0.3) is 0 Å². The van der Waals surface area contributed by atoms with Gasteiger partial charge in [0, 0.05) is 19.1 Å². The number of rotatable bonds is 6. The molecule has 0 atom stereocenters. The Kier molecular flexibility index (Phi) is 10.9. The molecule has 0 aliphatic heterocycles. The van der Waals surface area contributed by atoms with Gasteiger partial charge in [-0.1, -0.05) is 0 Å². The number of alkyl halides is 3. The molecule has 1 saturated carbocycles. The molecule has 0 aromatic carbocycles. The van der Waals surface area contributed by atoms with Crippen molar-refractivity contribution in [2.24, 2.45) is 16.3 Å². The maximum Gasteiger partial charge on any atom is 0.391 e. The smallest absolute Gasteiger partial charge is 0.357 e. The first kappa shape index (κ1) is 25.3. The highest BCUT2D eigenvalue weighted by Crippen LogP contribution is 2.37. The van der Waals surface area contributed by atoms with Crippen LogP contribution < -0.4 is 16.0 Å². The van der Waals surface area contributed by atoms with Crippen molar-refractivity contribution < 1.29 is 18.0 Å². The molecule has 0 aromatic heterocycles. The quantitative estimate of drug-likeness (QED) is 0.303. The number of guanidine groups is 1. The van der Waals surface area contributed by atoms with Crippen molar-refractivity contribution in [3.63, 3.8) is 0 Å². The lowest BCUT2D eigenvalue weighted by molar-refractivity contribution is -0.182. The van der Waals surface area contributed by atoms with Crippen molar-refractivity contribution in [3.8, 4) is 0 Å². The van der Waals surface area contributed by atoms with Crippen LogP contribution in [0.15, 0.2) is 4.99 Å². The highest BCUT2D eigenvalue weighted by atomic mass is 127. The second-order valence-corrected chi connectivity index (χ2v) is 7.17. The van der Waals surface area contributed by atoms with E-state index in [0.717, 1.165) is 0 Å². The lowest BCUT2D eigenvalue weighted by atomic mass is 9.85. The van der Waals surface area contributed by atoms with Crippen LogP contribution >= 0.6 is 24.0 Å². The molecule has 1 amide bonds. The molecular formula is C17H32F3IN4O. The summed E-state index contributed by atoms with van der Waals surface area (Å²) in [6, 6.07) is -0.0241. The number of hydrogen-bond acceptors (Lipinski definition) is 2. The number of aliphatic imine (C=N–C) groups is 1. The number of amides is 1. The molecule has 1 aliphatic rings. The number of hydrogen-bond donors (Lipinski definition) is 3. The zero-order valence-corrected chi connectivity index (χ0v) is 18.3. The number of nitrogens with zero attached hydrogens (tertiary/aromatic N) is 1. The summed E-state index contributed by atoms with van der Waals surface area (Å²) < 4.78 is 38.2. The van der Waals surface area contributed by atoms with E-state index in [1.54, 1.807) is 0 Å². The second kappa shape index (κ2) is 11.2. The molecule has 0 unspecified atom stereocenters. The molecule has 1 rings (SSSR count). The summed E-state index contributed by atoms with van der Waals surface area (Å²) in [7, 11) is 0. The SMILES string of the molecule is CCNC(=O)C(C)(C)CN=C(NCC)NC1CCC(C(F)(F)F)CC1.I. The van der Waals surface area contributed by atoms with Gasteiger partial charge in [0.1, 0.15) is 0 Å². The minimum absolute atomic E-state index is 0. The highest BCUT2D eigenvalue weighted by molar-refractivity contribution is 14.0. The predicted molar refractivity (Wildman–Crippen MR) is 109 cm³/mol. The Morgan fingerprint density at radius 3 is 2.04 bits per heavy atom. The van der Waals surface area contributed by atoms with Crippen LogP contribution in [0.25, 0.3) is 0 Å². The molecular weight excluding hydrogens is 460 g/mol. The van der Waals surface area contributed by atoms with E-state index in [1.165, 1.54) is 0 Å². The van der Waals surface area contributed by atoms with Crippen LogP contribution in [0.4, 0.5) is 13.2 Å². The normalized spacial score (nSPS) is 21.6. The minimum Gasteiger partial charge on any atom is -0.357 e. The third-order valence-electron chi connectivity index (χ3n) is 4.46. The van der Waals surface area contributed by atoms with Crippen molar-refractivity contribution >= 4 is 35.8 Å². The monoisotopic (exact) mass is 492 g/mol. The number of carbonyl (C=O) groups excluding carboxylic acids is 1. The fraction of sp³-hybridized carbons (Fsp3) is 0.882. The van der Waals surface area contributed by atoms with Gasteiger partial charge in [0.05, 0.1) is 17.9 Å². The Hall–Kier alpha value is -0.740. The topological polar surface area (TPSA) is 65.5 Å². The summed E-state index contributed by atoms with van der Waals surface area (Å²) in [5.74, 6) is -0.711. The van der Waals surface area contributed by atoms with Crippen LogP contribution in [0.2, 0.25) is 0 Å². The van der Waals surface area contributed by atoms with Crippen molar-refractivity contribution in [3.05, 3.63) is 0 Å². The summed E-state index contributed by atoms with van der Waals surface area (Å²) in [5, 5.41) is 9.10. The van der Waals surface area contributed by atoms with Gasteiger partial charge in [-0.05, 0) is 53.4 Å². The molecule has 9 heteroatoms. The Morgan fingerprint density at radius 2 is 1.58 bits per heavy atom. The summed E-state index contributed by atoms with van der Waals surface area (Å²) in [4.78, 5) is 16.5. The predicted octanol–water partition coefficient (Wildman–Crippen LogP) is 3.44. The number of carbonyl (C=O) groups is 1. The molecule has 1 aliphatic carbocycles. The largest absolute Gasteiger partial charge is 0.391 e. The third-order valence-corrected chi connectivity index (χ3v) is 4.46. The van der Waals surface area contributed by atoms with E-state index in [1.807, 2.05) is 27.7 Å². The van der Waals surface area contributed by atoms with Gasteiger partial charge in [-0.15, -0.1) is 24.0 Å². The third kappa shape index (κ3) is 8.30. The van der Waals surface area contributed by atoms with Gasteiger partial charge >= 0.3 is 6.18 Å². The Bertz CT molecular complexity index is 461. The van der Waals surface area contributed by atoms with E-state index in [2.05, 4.69) is 20.9 Å². The Morgan fingerprint density at radius 1 is 1.04 bits per heavy atom. The average molecular weight is 492 g/mol. The fourth-order valence-corrected chi connectivity index (χ4v) is 2.83. The molecule has 0 radical (unpaired) electrons. The van der Waals surface area contributed by atoms with Crippen LogP contribution in [-0.2, 0) is 4.79 Å².